The number of rotatable bonds is 1. The van der Waals surface area contributed by atoms with Crippen LogP contribution < -0.4 is 11.5 Å². The van der Waals surface area contributed by atoms with Gasteiger partial charge in [-0.2, -0.15) is 5.10 Å². The summed E-state index contributed by atoms with van der Waals surface area (Å²) < 4.78 is 0. The average molecular weight is 175 g/mol. The molecule has 1 aromatic heterocycles. The van der Waals surface area contributed by atoms with E-state index in [1.807, 2.05) is 18.2 Å². The maximum atomic E-state index is 5.25. The van der Waals surface area contributed by atoms with Gasteiger partial charge in [-0.1, -0.05) is 0 Å². The van der Waals surface area contributed by atoms with Crippen LogP contribution in [0.15, 0.2) is 29.4 Å². The summed E-state index contributed by atoms with van der Waals surface area (Å²) in [5, 5.41) is 7.75. The Hall–Kier alpha value is -2.04. The van der Waals surface area contributed by atoms with Crippen molar-refractivity contribution in [3.05, 3.63) is 24.4 Å². The molecule has 5 heteroatoms. The van der Waals surface area contributed by atoms with Gasteiger partial charge in [0.15, 0.2) is 5.96 Å². The van der Waals surface area contributed by atoms with Gasteiger partial charge in [0.25, 0.3) is 0 Å². The van der Waals surface area contributed by atoms with E-state index in [9.17, 15) is 0 Å². The number of nitrogens with one attached hydrogen (secondary N) is 1. The van der Waals surface area contributed by atoms with Crippen LogP contribution in [0.4, 0.5) is 5.69 Å². The lowest BCUT2D eigenvalue weighted by Crippen LogP contribution is -2.21. The number of hydrogen-bond donors (Lipinski definition) is 3. The quantitative estimate of drug-likeness (QED) is 0.434. The molecule has 5 N–H and O–H groups in total. The fraction of sp³-hybridized carbons (Fsp3) is 0. The van der Waals surface area contributed by atoms with E-state index in [1.165, 1.54) is 0 Å². The molecule has 2 rings (SSSR count). The highest BCUT2D eigenvalue weighted by molar-refractivity contribution is 5.84. The van der Waals surface area contributed by atoms with Crippen molar-refractivity contribution in [1.29, 1.82) is 0 Å². The van der Waals surface area contributed by atoms with Crippen LogP contribution in [-0.2, 0) is 0 Å². The van der Waals surface area contributed by atoms with Crippen LogP contribution in [0.3, 0.4) is 0 Å². The maximum Gasteiger partial charge on any atom is 0.191 e. The van der Waals surface area contributed by atoms with Crippen LogP contribution in [0.5, 0.6) is 0 Å². The number of H-pyrrole nitrogens is 1. The molecule has 0 radical (unpaired) electrons. The smallest absolute Gasteiger partial charge is 0.191 e. The third-order valence-corrected chi connectivity index (χ3v) is 1.68. The molecule has 0 spiro atoms. The molecule has 5 nitrogen and oxygen atoms in total. The number of guanidine groups is 1. The van der Waals surface area contributed by atoms with Gasteiger partial charge in [0, 0.05) is 5.39 Å². The Bertz CT molecular complexity index is 452. The van der Waals surface area contributed by atoms with Gasteiger partial charge in [-0.05, 0) is 18.2 Å². The van der Waals surface area contributed by atoms with Gasteiger partial charge < -0.3 is 11.5 Å². The lowest BCUT2D eigenvalue weighted by molar-refractivity contribution is 1.12. The first-order valence-corrected chi connectivity index (χ1v) is 3.78. The molecule has 66 valence electrons. The molecular weight excluding hydrogens is 166 g/mol. The third-order valence-electron chi connectivity index (χ3n) is 1.68. The molecule has 0 amide bonds. The highest BCUT2D eigenvalue weighted by Gasteiger charge is 1.96. The van der Waals surface area contributed by atoms with Crippen LogP contribution in [0, 0.1) is 0 Å². The van der Waals surface area contributed by atoms with Gasteiger partial charge in [-0.15, -0.1) is 0 Å². The van der Waals surface area contributed by atoms with E-state index in [0.717, 1.165) is 16.6 Å². The van der Waals surface area contributed by atoms with Crippen molar-refractivity contribution in [3.63, 3.8) is 0 Å². The van der Waals surface area contributed by atoms with Crippen molar-refractivity contribution >= 4 is 22.5 Å². The van der Waals surface area contributed by atoms with Gasteiger partial charge in [-0.3, -0.25) is 5.10 Å². The van der Waals surface area contributed by atoms with E-state index in [-0.39, 0.29) is 5.96 Å². The number of aromatic nitrogens is 2. The number of fused-ring (bicyclic) bond motifs is 1. The van der Waals surface area contributed by atoms with Crippen LogP contribution in [0.1, 0.15) is 0 Å². The second kappa shape index (κ2) is 2.78. The predicted octanol–water partition coefficient (Wildman–Crippen LogP) is 0.468. The molecular formula is C8H9N5. The minimum atomic E-state index is 0.0545. The Labute approximate surface area is 74.5 Å². The number of aromatic amines is 1. The van der Waals surface area contributed by atoms with Crippen molar-refractivity contribution in [2.45, 2.75) is 0 Å². The predicted molar refractivity (Wildman–Crippen MR) is 51.6 cm³/mol. The molecule has 1 aromatic carbocycles. The zero-order valence-electron chi connectivity index (χ0n) is 6.86. The van der Waals surface area contributed by atoms with Crippen LogP contribution in [0.25, 0.3) is 10.9 Å². The van der Waals surface area contributed by atoms with Gasteiger partial charge in [-0.25, -0.2) is 4.99 Å². The first-order chi connectivity index (χ1) is 6.25. The minimum absolute atomic E-state index is 0.0545. The van der Waals surface area contributed by atoms with Gasteiger partial charge in [0.05, 0.1) is 17.4 Å². The molecule has 1 heterocycles. The summed E-state index contributed by atoms with van der Waals surface area (Å²) in [7, 11) is 0. The molecule has 0 bridgehead atoms. The molecule has 0 aliphatic carbocycles. The largest absolute Gasteiger partial charge is 0.370 e. The van der Waals surface area contributed by atoms with Crippen molar-refractivity contribution in [1.82, 2.24) is 10.2 Å². The summed E-state index contributed by atoms with van der Waals surface area (Å²) in [5.74, 6) is 0.0545. The van der Waals surface area contributed by atoms with Crippen molar-refractivity contribution in [3.8, 4) is 0 Å². The number of aliphatic imine (C=N–C) groups is 1. The van der Waals surface area contributed by atoms with E-state index >= 15 is 0 Å². The third kappa shape index (κ3) is 1.44. The summed E-state index contributed by atoms with van der Waals surface area (Å²) in [5.41, 5.74) is 12.1. The van der Waals surface area contributed by atoms with E-state index in [2.05, 4.69) is 15.2 Å². The zero-order valence-corrected chi connectivity index (χ0v) is 6.86. The highest BCUT2D eigenvalue weighted by atomic mass is 15.1. The molecule has 0 aliphatic rings. The zero-order chi connectivity index (χ0) is 9.26. The Balaban J connectivity index is 2.54. The van der Waals surface area contributed by atoms with E-state index in [0.29, 0.717) is 0 Å². The number of nitrogens with two attached hydrogens (primary N) is 2. The highest BCUT2D eigenvalue weighted by Crippen LogP contribution is 2.18. The van der Waals surface area contributed by atoms with Crippen LogP contribution >= 0.6 is 0 Å². The second-order valence-electron chi connectivity index (χ2n) is 2.68. The lowest BCUT2D eigenvalue weighted by Gasteiger charge is -1.94. The second-order valence-corrected chi connectivity index (χ2v) is 2.68. The van der Waals surface area contributed by atoms with E-state index in [4.69, 9.17) is 11.5 Å². The Morgan fingerprint density at radius 3 is 3.00 bits per heavy atom. The van der Waals surface area contributed by atoms with Crippen LogP contribution in [-0.4, -0.2) is 16.2 Å². The van der Waals surface area contributed by atoms with Gasteiger partial charge in [0.2, 0.25) is 0 Å². The molecule has 0 fully saturated rings. The summed E-state index contributed by atoms with van der Waals surface area (Å²) >= 11 is 0. The topological polar surface area (TPSA) is 93.1 Å². The number of hydrogen-bond acceptors (Lipinski definition) is 2. The summed E-state index contributed by atoms with van der Waals surface area (Å²) in [6.45, 7) is 0. The van der Waals surface area contributed by atoms with Crippen LogP contribution in [0.2, 0.25) is 0 Å². The first kappa shape index (κ1) is 7.60. The SMILES string of the molecule is NC(N)=Nc1ccc2cn[nH]c2c1. The lowest BCUT2D eigenvalue weighted by atomic mass is 10.2. The summed E-state index contributed by atoms with van der Waals surface area (Å²) in [4.78, 5) is 3.91. The van der Waals surface area contributed by atoms with E-state index in [1.54, 1.807) is 6.20 Å². The van der Waals surface area contributed by atoms with E-state index < -0.39 is 0 Å². The van der Waals surface area contributed by atoms with Crippen molar-refractivity contribution in [2.75, 3.05) is 0 Å². The molecule has 13 heavy (non-hydrogen) atoms. The number of benzene rings is 1. The maximum absolute atomic E-state index is 5.25. The monoisotopic (exact) mass is 175 g/mol. The molecule has 0 unspecified atom stereocenters. The minimum Gasteiger partial charge on any atom is -0.370 e. The standard InChI is InChI=1S/C8H9N5/c9-8(10)12-6-2-1-5-4-11-13-7(5)3-6/h1-4H,(H,11,13)(H4,9,10,12). The Kier molecular flexibility index (Phi) is 1.63. The molecule has 0 saturated carbocycles. The van der Waals surface area contributed by atoms with Gasteiger partial charge >= 0.3 is 0 Å². The molecule has 0 aliphatic heterocycles. The van der Waals surface area contributed by atoms with Gasteiger partial charge in [0.1, 0.15) is 0 Å². The average Bonchev–Trinajstić information content (AvgIpc) is 2.49. The summed E-state index contributed by atoms with van der Waals surface area (Å²) in [6, 6.07) is 5.57. The molecule has 0 atom stereocenters. The van der Waals surface area contributed by atoms with Crippen molar-refractivity contribution in [2.24, 2.45) is 16.5 Å². The number of nitrogens with zero attached hydrogens (tertiary/aromatic N) is 2. The fourth-order valence-electron chi connectivity index (χ4n) is 1.14. The van der Waals surface area contributed by atoms with Crippen molar-refractivity contribution < 1.29 is 0 Å². The Morgan fingerprint density at radius 1 is 1.38 bits per heavy atom. The fourth-order valence-corrected chi connectivity index (χ4v) is 1.14. The normalized spacial score (nSPS) is 10.2. The Morgan fingerprint density at radius 2 is 2.23 bits per heavy atom. The molecule has 2 aromatic rings. The first-order valence-electron chi connectivity index (χ1n) is 3.78. The summed E-state index contributed by atoms with van der Waals surface area (Å²) in [6.07, 6.45) is 1.74. The molecule has 0 saturated heterocycles.